The van der Waals surface area contributed by atoms with E-state index in [-0.39, 0.29) is 0 Å². The quantitative estimate of drug-likeness (QED) is 0.809. The fraction of sp³-hybridized carbons (Fsp3) is 0.867. The number of ether oxygens (including phenoxy) is 1. The van der Waals surface area contributed by atoms with Crippen LogP contribution in [0.4, 0.5) is 0 Å². The molecule has 0 aromatic rings. The average Bonchev–Trinajstić information content (AvgIpc) is 2.34. The first-order chi connectivity index (χ1) is 8.42. The zero-order valence-electron chi connectivity index (χ0n) is 11.2. The maximum Gasteiger partial charge on any atom is 0.0876 e. The number of nitrogens with one attached hydrogen (secondary N) is 1. The van der Waals surface area contributed by atoms with Crippen molar-refractivity contribution >= 4 is 0 Å². The Kier molecular flexibility index (Phi) is 5.37. The van der Waals surface area contributed by atoms with Crippen LogP contribution in [0.15, 0.2) is 11.8 Å². The predicted octanol–water partition coefficient (Wildman–Crippen LogP) is 3.63. The first-order valence-corrected chi connectivity index (χ1v) is 7.39. The number of hydrogen-bond acceptors (Lipinski definition) is 2. The van der Waals surface area contributed by atoms with E-state index >= 15 is 0 Å². The summed E-state index contributed by atoms with van der Waals surface area (Å²) in [6.07, 6.45) is 14.4. The van der Waals surface area contributed by atoms with Crippen LogP contribution in [-0.2, 0) is 4.74 Å². The van der Waals surface area contributed by atoms with Gasteiger partial charge in [-0.15, -0.1) is 0 Å². The monoisotopic (exact) mass is 237 g/mol. The molecular weight excluding hydrogens is 210 g/mol. The highest BCUT2D eigenvalue weighted by atomic mass is 16.5. The van der Waals surface area contributed by atoms with Gasteiger partial charge >= 0.3 is 0 Å². The molecule has 0 aromatic heterocycles. The lowest BCUT2D eigenvalue weighted by Crippen LogP contribution is -2.36. The van der Waals surface area contributed by atoms with Crippen LogP contribution in [0.25, 0.3) is 0 Å². The zero-order valence-corrected chi connectivity index (χ0v) is 11.2. The lowest BCUT2D eigenvalue weighted by molar-refractivity contribution is 0.210. The molecular formula is C15H27NO. The van der Waals surface area contributed by atoms with Crippen LogP contribution in [0.5, 0.6) is 0 Å². The molecule has 17 heavy (non-hydrogen) atoms. The molecule has 0 amide bonds. The Bertz CT molecular complexity index is 241. The summed E-state index contributed by atoms with van der Waals surface area (Å²) in [5, 5.41) is 3.54. The third-order valence-electron chi connectivity index (χ3n) is 4.29. The molecule has 0 radical (unpaired) electrons. The molecule has 1 aliphatic carbocycles. The third kappa shape index (κ3) is 3.74. The molecule has 1 fully saturated rings. The summed E-state index contributed by atoms with van der Waals surface area (Å²) in [5.41, 5.74) is 1.50. The molecule has 0 saturated heterocycles. The summed E-state index contributed by atoms with van der Waals surface area (Å²) in [4.78, 5) is 0. The van der Waals surface area contributed by atoms with Gasteiger partial charge in [-0.3, -0.25) is 0 Å². The molecule has 0 bridgehead atoms. The van der Waals surface area contributed by atoms with Crippen molar-refractivity contribution in [3.05, 3.63) is 11.8 Å². The second kappa shape index (κ2) is 7.05. The molecule has 1 unspecified atom stereocenters. The van der Waals surface area contributed by atoms with E-state index in [1.807, 2.05) is 6.26 Å². The lowest BCUT2D eigenvalue weighted by Gasteiger charge is -2.31. The summed E-state index contributed by atoms with van der Waals surface area (Å²) in [7, 11) is 2.11. The molecule has 2 heteroatoms. The maximum absolute atomic E-state index is 5.51. The Labute approximate surface area is 106 Å². The van der Waals surface area contributed by atoms with Crippen molar-refractivity contribution in [3.8, 4) is 0 Å². The molecule has 0 aromatic carbocycles. The van der Waals surface area contributed by atoms with Crippen molar-refractivity contribution in [3.63, 3.8) is 0 Å². The summed E-state index contributed by atoms with van der Waals surface area (Å²) >= 11 is 0. The van der Waals surface area contributed by atoms with Crippen LogP contribution < -0.4 is 5.32 Å². The van der Waals surface area contributed by atoms with Crippen molar-refractivity contribution in [2.75, 3.05) is 13.7 Å². The van der Waals surface area contributed by atoms with Crippen LogP contribution in [0.1, 0.15) is 57.8 Å². The lowest BCUT2D eigenvalue weighted by atomic mass is 9.81. The molecule has 2 rings (SSSR count). The number of likely N-dealkylation sites (N-methyl/N-ethyl adjacent to an activating group) is 1. The minimum atomic E-state index is 0.563. The minimum absolute atomic E-state index is 0.563. The van der Waals surface area contributed by atoms with Gasteiger partial charge in [-0.05, 0) is 44.2 Å². The van der Waals surface area contributed by atoms with E-state index in [0.29, 0.717) is 6.04 Å². The summed E-state index contributed by atoms with van der Waals surface area (Å²) in [6, 6.07) is 0.563. The molecule has 1 aliphatic heterocycles. The first-order valence-electron chi connectivity index (χ1n) is 7.39. The van der Waals surface area contributed by atoms with E-state index in [0.717, 1.165) is 12.5 Å². The summed E-state index contributed by atoms with van der Waals surface area (Å²) < 4.78 is 5.51. The van der Waals surface area contributed by atoms with Gasteiger partial charge in [0, 0.05) is 6.04 Å². The maximum atomic E-state index is 5.51. The molecule has 2 nitrogen and oxygen atoms in total. The van der Waals surface area contributed by atoms with Crippen molar-refractivity contribution in [1.82, 2.24) is 5.32 Å². The Balaban J connectivity index is 1.97. The van der Waals surface area contributed by atoms with E-state index in [9.17, 15) is 0 Å². The van der Waals surface area contributed by atoms with E-state index in [1.54, 1.807) is 0 Å². The van der Waals surface area contributed by atoms with Crippen LogP contribution in [0, 0.1) is 5.92 Å². The van der Waals surface area contributed by atoms with Crippen LogP contribution in [0.3, 0.4) is 0 Å². The topological polar surface area (TPSA) is 21.3 Å². The first kappa shape index (κ1) is 12.9. The second-order valence-corrected chi connectivity index (χ2v) is 5.54. The highest BCUT2D eigenvalue weighted by molar-refractivity contribution is 5.11. The number of hydrogen-bond donors (Lipinski definition) is 1. The fourth-order valence-electron chi connectivity index (χ4n) is 3.36. The Morgan fingerprint density at radius 3 is 2.41 bits per heavy atom. The molecule has 98 valence electrons. The summed E-state index contributed by atoms with van der Waals surface area (Å²) in [6.45, 7) is 0.907. The smallest absolute Gasteiger partial charge is 0.0876 e. The van der Waals surface area contributed by atoms with Crippen molar-refractivity contribution < 1.29 is 4.74 Å². The van der Waals surface area contributed by atoms with Crippen molar-refractivity contribution in [1.29, 1.82) is 0 Å². The SMILES string of the molecule is CNC(C1=COCCC1)C1CCCCCCC1. The normalized spacial score (nSPS) is 25.4. The second-order valence-electron chi connectivity index (χ2n) is 5.54. The standard InChI is InChI=1S/C15H27NO/c1-16-15(14-10-7-11-17-12-14)13-8-5-3-2-4-6-9-13/h12-13,15-16H,2-11H2,1H3. The molecule has 1 heterocycles. The Hall–Kier alpha value is -0.500. The van der Waals surface area contributed by atoms with Gasteiger partial charge in [0.05, 0.1) is 12.9 Å². The highest BCUT2D eigenvalue weighted by Crippen LogP contribution is 2.30. The van der Waals surface area contributed by atoms with E-state index in [2.05, 4.69) is 12.4 Å². The van der Waals surface area contributed by atoms with Gasteiger partial charge in [-0.2, -0.15) is 0 Å². The van der Waals surface area contributed by atoms with Gasteiger partial charge < -0.3 is 10.1 Å². The van der Waals surface area contributed by atoms with E-state index in [4.69, 9.17) is 4.74 Å². The van der Waals surface area contributed by atoms with Gasteiger partial charge in [0.2, 0.25) is 0 Å². The Morgan fingerprint density at radius 1 is 1.12 bits per heavy atom. The number of rotatable bonds is 3. The van der Waals surface area contributed by atoms with Crippen LogP contribution in [-0.4, -0.2) is 19.7 Å². The molecule has 0 spiro atoms. The van der Waals surface area contributed by atoms with Gasteiger partial charge in [-0.25, -0.2) is 0 Å². The van der Waals surface area contributed by atoms with Crippen LogP contribution in [0.2, 0.25) is 0 Å². The molecule has 1 saturated carbocycles. The van der Waals surface area contributed by atoms with Gasteiger partial charge in [0.1, 0.15) is 0 Å². The molecule has 1 atom stereocenters. The van der Waals surface area contributed by atoms with E-state index in [1.165, 1.54) is 63.4 Å². The minimum Gasteiger partial charge on any atom is -0.501 e. The summed E-state index contributed by atoms with van der Waals surface area (Å²) in [5.74, 6) is 0.827. The predicted molar refractivity (Wildman–Crippen MR) is 71.9 cm³/mol. The van der Waals surface area contributed by atoms with E-state index < -0.39 is 0 Å². The average molecular weight is 237 g/mol. The van der Waals surface area contributed by atoms with Gasteiger partial charge in [0.25, 0.3) is 0 Å². The molecule has 1 N–H and O–H groups in total. The van der Waals surface area contributed by atoms with Crippen molar-refractivity contribution in [2.24, 2.45) is 5.92 Å². The fourth-order valence-corrected chi connectivity index (χ4v) is 3.36. The highest BCUT2D eigenvalue weighted by Gasteiger charge is 2.25. The zero-order chi connectivity index (χ0) is 11.9. The van der Waals surface area contributed by atoms with Gasteiger partial charge in [0.15, 0.2) is 0 Å². The molecule has 2 aliphatic rings. The Morgan fingerprint density at radius 2 is 1.82 bits per heavy atom. The van der Waals surface area contributed by atoms with Crippen LogP contribution >= 0.6 is 0 Å². The third-order valence-corrected chi connectivity index (χ3v) is 4.29. The largest absolute Gasteiger partial charge is 0.501 e. The van der Waals surface area contributed by atoms with Crippen molar-refractivity contribution in [2.45, 2.75) is 63.8 Å². The van der Waals surface area contributed by atoms with Gasteiger partial charge in [-0.1, -0.05) is 32.1 Å².